The van der Waals surface area contributed by atoms with Crippen LogP contribution >= 0.6 is 15.6 Å². The molecule has 0 amide bonds. The highest BCUT2D eigenvalue weighted by Gasteiger charge is 2.30. The van der Waals surface area contributed by atoms with E-state index in [0.717, 1.165) is 121 Å². The van der Waals surface area contributed by atoms with E-state index in [9.17, 15) is 43.2 Å². The average molecular weight is 1460 g/mol. The van der Waals surface area contributed by atoms with Crippen molar-refractivity contribution in [2.45, 2.75) is 419 Å². The number of unbranched alkanes of at least 4 members (excludes halogenated alkanes) is 45. The van der Waals surface area contributed by atoms with Crippen molar-refractivity contribution < 1.29 is 80.2 Å². The topological polar surface area (TPSA) is 237 Å². The molecule has 0 aliphatic rings. The van der Waals surface area contributed by atoms with Crippen molar-refractivity contribution in [2.75, 3.05) is 39.6 Å². The van der Waals surface area contributed by atoms with Gasteiger partial charge in [-0.15, -0.1) is 0 Å². The fraction of sp³-hybridized carbons (Fsp3) is 0.901. The van der Waals surface area contributed by atoms with Gasteiger partial charge in [0, 0.05) is 25.7 Å². The number of aliphatic hydroxyl groups is 1. The summed E-state index contributed by atoms with van der Waals surface area (Å²) in [6.07, 6.45) is 64.7. The molecule has 0 fully saturated rings. The van der Waals surface area contributed by atoms with E-state index in [4.69, 9.17) is 37.0 Å². The lowest BCUT2D eigenvalue weighted by molar-refractivity contribution is -0.161. The first-order chi connectivity index (χ1) is 48.4. The molecule has 3 N–H and O–H groups in total. The third-order valence-corrected chi connectivity index (χ3v) is 20.2. The summed E-state index contributed by atoms with van der Waals surface area (Å²) in [4.78, 5) is 73.0. The zero-order valence-electron chi connectivity index (χ0n) is 65.0. The molecule has 0 aromatic rings. The predicted octanol–water partition coefficient (Wildman–Crippen LogP) is 23.8. The Labute approximate surface area is 612 Å². The van der Waals surface area contributed by atoms with Crippen LogP contribution < -0.4 is 0 Å². The summed E-state index contributed by atoms with van der Waals surface area (Å²) in [7, 11) is -9.93. The maximum absolute atomic E-state index is 13.1. The lowest BCUT2D eigenvalue weighted by atomic mass is 10.0. The number of rotatable bonds is 78. The molecule has 100 heavy (non-hydrogen) atoms. The maximum Gasteiger partial charge on any atom is 0.472 e. The van der Waals surface area contributed by atoms with Gasteiger partial charge >= 0.3 is 39.5 Å². The Morgan fingerprint density at radius 1 is 0.310 bits per heavy atom. The molecule has 2 unspecified atom stereocenters. The van der Waals surface area contributed by atoms with Gasteiger partial charge in [-0.3, -0.25) is 37.3 Å². The first-order valence-electron chi connectivity index (χ1n) is 41.3. The molecule has 0 radical (unpaired) electrons. The molecule has 0 heterocycles. The second-order valence-corrected chi connectivity index (χ2v) is 32.3. The number of hydrogen-bond acceptors (Lipinski definition) is 15. The van der Waals surface area contributed by atoms with E-state index in [2.05, 4.69) is 65.8 Å². The van der Waals surface area contributed by atoms with E-state index in [1.165, 1.54) is 199 Å². The van der Waals surface area contributed by atoms with Gasteiger partial charge in [0.25, 0.3) is 0 Å². The zero-order valence-corrected chi connectivity index (χ0v) is 66.8. The van der Waals surface area contributed by atoms with Crippen LogP contribution in [-0.4, -0.2) is 96.7 Å². The largest absolute Gasteiger partial charge is 0.472 e. The van der Waals surface area contributed by atoms with Crippen molar-refractivity contribution in [3.05, 3.63) is 24.3 Å². The summed E-state index contributed by atoms with van der Waals surface area (Å²) in [6, 6.07) is 0. The van der Waals surface area contributed by atoms with Crippen molar-refractivity contribution >= 4 is 39.5 Å². The Morgan fingerprint density at radius 2 is 0.540 bits per heavy atom. The molecule has 0 aliphatic heterocycles. The van der Waals surface area contributed by atoms with Gasteiger partial charge in [0.15, 0.2) is 12.2 Å². The van der Waals surface area contributed by atoms with Crippen LogP contribution in [0.2, 0.25) is 0 Å². The second kappa shape index (κ2) is 72.1. The van der Waals surface area contributed by atoms with Gasteiger partial charge in [-0.2, -0.15) is 0 Å². The normalized spacial score (nSPS) is 14.1. The van der Waals surface area contributed by atoms with Crippen molar-refractivity contribution in [1.29, 1.82) is 0 Å². The number of aliphatic hydroxyl groups excluding tert-OH is 1. The molecular weight excluding hydrogens is 1310 g/mol. The highest BCUT2D eigenvalue weighted by molar-refractivity contribution is 7.47. The summed E-state index contributed by atoms with van der Waals surface area (Å²) in [5.74, 6) is -0.596. The molecule has 0 saturated carbocycles. The molecule has 0 spiro atoms. The molecule has 5 atom stereocenters. The maximum atomic E-state index is 13.1. The van der Waals surface area contributed by atoms with E-state index >= 15 is 0 Å². The van der Waals surface area contributed by atoms with E-state index in [1.54, 1.807) is 0 Å². The van der Waals surface area contributed by atoms with E-state index in [-0.39, 0.29) is 25.7 Å². The first kappa shape index (κ1) is 97.5. The molecule has 19 heteroatoms. The van der Waals surface area contributed by atoms with Gasteiger partial charge in [0.1, 0.15) is 19.3 Å². The van der Waals surface area contributed by atoms with Crippen LogP contribution in [0.25, 0.3) is 0 Å². The SMILES string of the molecule is CCCCCC/C=C\C=C/CCCCCCCC(=O)OC[C@H](COP(=O)(O)OC[C@@H](O)COP(=O)(O)OC[C@@H](COC(=O)CCCCCCCCCCC(C)C)OC(=O)CCCCCCCCCCCCCCC)OC(=O)CCCCCCCCCCCCCCCCCCCCC(C)C. The standard InChI is InChI=1S/C81H154O17P2/c1-7-9-11-13-15-17-19-21-26-31-34-38-45-51-57-63-78(83)91-69-76(97-81(86)66-60-54-48-40-36-32-28-25-23-22-24-27-30-33-37-43-49-55-61-73(3)4)71-95-99(87,88)93-67-75(82)68-94-100(89,90)96-72-77(70-92-79(84)64-58-52-46-42-41-44-50-56-62-74(5)6)98-80(85)65-59-53-47-39-35-29-20-18-16-14-12-10-8-2/h17,19,21,26,73-77,82H,7-16,18,20,22-25,27-72H2,1-6H3,(H,87,88)(H,89,90)/b19-17-,26-21-/t75-,76-,77-/m1/s1. The van der Waals surface area contributed by atoms with Gasteiger partial charge in [-0.1, -0.05) is 348 Å². The Bertz CT molecular complexity index is 2020. The number of esters is 4. The quantitative estimate of drug-likeness (QED) is 0.0169. The Morgan fingerprint density at radius 3 is 0.820 bits per heavy atom. The molecule has 0 saturated heterocycles. The van der Waals surface area contributed by atoms with Gasteiger partial charge in [0.05, 0.1) is 26.4 Å². The summed E-state index contributed by atoms with van der Waals surface area (Å²) in [5, 5.41) is 10.6. The van der Waals surface area contributed by atoms with Gasteiger partial charge in [-0.25, -0.2) is 9.13 Å². The number of phosphoric acid groups is 2. The van der Waals surface area contributed by atoms with Crippen molar-refractivity contribution in [3.63, 3.8) is 0 Å². The molecule has 0 aliphatic carbocycles. The minimum Gasteiger partial charge on any atom is -0.462 e. The molecule has 17 nitrogen and oxygen atoms in total. The van der Waals surface area contributed by atoms with E-state index in [1.807, 2.05) is 0 Å². The summed E-state index contributed by atoms with van der Waals surface area (Å²) >= 11 is 0. The lowest BCUT2D eigenvalue weighted by Crippen LogP contribution is -2.30. The van der Waals surface area contributed by atoms with Gasteiger partial charge in [-0.05, 0) is 63.2 Å². The summed E-state index contributed by atoms with van der Waals surface area (Å²) in [5.41, 5.74) is 0. The molecule has 0 aromatic heterocycles. The predicted molar refractivity (Wildman–Crippen MR) is 409 cm³/mol. The number of allylic oxidation sites excluding steroid dienone is 4. The van der Waals surface area contributed by atoms with Crippen LogP contribution in [0, 0.1) is 11.8 Å². The van der Waals surface area contributed by atoms with Crippen LogP contribution in [0.4, 0.5) is 0 Å². The summed E-state index contributed by atoms with van der Waals surface area (Å²) in [6.45, 7) is 9.56. The van der Waals surface area contributed by atoms with Crippen molar-refractivity contribution in [1.82, 2.24) is 0 Å². The number of ether oxygens (including phenoxy) is 4. The minimum atomic E-state index is -4.97. The second-order valence-electron chi connectivity index (χ2n) is 29.4. The molecular formula is C81H154O17P2. The van der Waals surface area contributed by atoms with E-state index < -0.39 is 97.5 Å². The third kappa shape index (κ3) is 73.8. The van der Waals surface area contributed by atoms with Crippen LogP contribution in [0.1, 0.15) is 401 Å². The van der Waals surface area contributed by atoms with Crippen molar-refractivity contribution in [2.24, 2.45) is 11.8 Å². The van der Waals surface area contributed by atoms with Crippen molar-refractivity contribution in [3.8, 4) is 0 Å². The minimum absolute atomic E-state index is 0.101. The number of phosphoric ester groups is 2. The fourth-order valence-corrected chi connectivity index (χ4v) is 13.6. The molecule has 0 rings (SSSR count). The monoisotopic (exact) mass is 1460 g/mol. The first-order valence-corrected chi connectivity index (χ1v) is 44.3. The Kier molecular flexibility index (Phi) is 70.3. The van der Waals surface area contributed by atoms with Crippen LogP contribution in [0.3, 0.4) is 0 Å². The third-order valence-electron chi connectivity index (χ3n) is 18.3. The number of carbonyl (C=O) groups is 4. The smallest absolute Gasteiger partial charge is 0.462 e. The Hall–Kier alpha value is -2.46. The van der Waals surface area contributed by atoms with Crippen LogP contribution in [0.15, 0.2) is 24.3 Å². The number of hydrogen-bond donors (Lipinski definition) is 3. The molecule has 0 aromatic carbocycles. The van der Waals surface area contributed by atoms with Crippen LogP contribution in [-0.2, 0) is 65.4 Å². The van der Waals surface area contributed by atoms with Gasteiger partial charge in [0.2, 0.25) is 0 Å². The molecule has 0 bridgehead atoms. The Balaban J connectivity index is 5.26. The average Bonchev–Trinajstić information content (AvgIpc) is 0.989. The highest BCUT2D eigenvalue weighted by atomic mass is 31.2. The zero-order chi connectivity index (χ0) is 73.5. The highest BCUT2D eigenvalue weighted by Crippen LogP contribution is 2.45. The summed E-state index contributed by atoms with van der Waals surface area (Å²) < 4.78 is 68.6. The van der Waals surface area contributed by atoms with Gasteiger partial charge < -0.3 is 33.8 Å². The fourth-order valence-electron chi connectivity index (χ4n) is 12.0. The molecule has 590 valence electrons. The van der Waals surface area contributed by atoms with Crippen LogP contribution in [0.5, 0.6) is 0 Å². The lowest BCUT2D eigenvalue weighted by Gasteiger charge is -2.21. The number of carbonyl (C=O) groups excluding carboxylic acids is 4. The van der Waals surface area contributed by atoms with E-state index in [0.29, 0.717) is 25.7 Å².